The number of benzene rings is 1. The van der Waals surface area contributed by atoms with Crippen molar-refractivity contribution >= 4 is 18.0 Å². The van der Waals surface area contributed by atoms with Gasteiger partial charge in [-0.2, -0.15) is 0 Å². The lowest BCUT2D eigenvalue weighted by molar-refractivity contribution is -0.123. The van der Waals surface area contributed by atoms with E-state index in [4.69, 9.17) is 11.6 Å². The highest BCUT2D eigenvalue weighted by molar-refractivity contribution is 6.18. The van der Waals surface area contributed by atoms with Gasteiger partial charge in [0.15, 0.2) is 0 Å². The molecule has 0 aliphatic heterocycles. The van der Waals surface area contributed by atoms with Gasteiger partial charge in [-0.05, 0) is 30.0 Å². The van der Waals surface area contributed by atoms with E-state index in [-0.39, 0.29) is 11.9 Å². The molecular formula is C12H14ClFN2O. The highest BCUT2D eigenvalue weighted by Gasteiger charge is 2.28. The van der Waals surface area contributed by atoms with Crippen LogP contribution in [0.15, 0.2) is 18.2 Å². The molecule has 1 unspecified atom stereocenters. The first kappa shape index (κ1) is 12.3. The monoisotopic (exact) mass is 256 g/mol. The van der Waals surface area contributed by atoms with E-state index in [1.54, 1.807) is 6.07 Å². The standard InChI is InChI=1S/C12H14ClFN2O/c13-6-7-15-16(8-17)12-5-4-9-10(12)2-1-3-11(9)14/h1-3,8,12,15H,4-7H2. The first-order valence-corrected chi connectivity index (χ1v) is 6.11. The summed E-state index contributed by atoms with van der Waals surface area (Å²) in [6.07, 6.45) is 2.14. The van der Waals surface area contributed by atoms with Crippen LogP contribution in [-0.2, 0) is 11.2 Å². The molecule has 0 heterocycles. The van der Waals surface area contributed by atoms with Gasteiger partial charge in [0.25, 0.3) is 0 Å². The molecule has 1 aromatic carbocycles. The third-order valence-electron chi connectivity index (χ3n) is 3.02. The molecule has 0 bridgehead atoms. The zero-order chi connectivity index (χ0) is 12.3. The number of carbonyl (C=O) groups excluding carboxylic acids is 1. The lowest BCUT2D eigenvalue weighted by Gasteiger charge is -2.25. The summed E-state index contributed by atoms with van der Waals surface area (Å²) < 4.78 is 13.5. The Morgan fingerprint density at radius 3 is 3.12 bits per heavy atom. The molecule has 92 valence electrons. The van der Waals surface area contributed by atoms with Crippen molar-refractivity contribution < 1.29 is 9.18 Å². The van der Waals surface area contributed by atoms with Crippen LogP contribution in [0, 0.1) is 5.82 Å². The predicted molar refractivity (Wildman–Crippen MR) is 64.1 cm³/mol. The Hall–Kier alpha value is -1.13. The second-order valence-corrected chi connectivity index (χ2v) is 4.35. The van der Waals surface area contributed by atoms with Crippen molar-refractivity contribution in [3.63, 3.8) is 0 Å². The largest absolute Gasteiger partial charge is 0.277 e. The lowest BCUT2D eigenvalue weighted by atomic mass is 10.1. The number of nitrogens with zero attached hydrogens (tertiary/aromatic N) is 1. The van der Waals surface area contributed by atoms with Crippen LogP contribution in [0.1, 0.15) is 23.6 Å². The predicted octanol–water partition coefficient (Wildman–Crippen LogP) is 2.01. The van der Waals surface area contributed by atoms with Crippen molar-refractivity contribution in [1.82, 2.24) is 10.4 Å². The highest BCUT2D eigenvalue weighted by Crippen LogP contribution is 2.35. The first-order valence-electron chi connectivity index (χ1n) is 5.58. The number of amides is 1. The fourth-order valence-electron chi connectivity index (χ4n) is 2.27. The molecule has 2 rings (SSSR count). The highest BCUT2D eigenvalue weighted by atomic mass is 35.5. The van der Waals surface area contributed by atoms with Crippen LogP contribution in [0.25, 0.3) is 0 Å². The Bertz CT molecular complexity index is 413. The molecule has 1 atom stereocenters. The number of carbonyl (C=O) groups is 1. The number of hydrazine groups is 1. The number of alkyl halides is 1. The summed E-state index contributed by atoms with van der Waals surface area (Å²) in [5.74, 6) is 0.237. The van der Waals surface area contributed by atoms with E-state index >= 15 is 0 Å². The molecule has 3 nitrogen and oxygen atoms in total. The van der Waals surface area contributed by atoms with Crippen LogP contribution in [0.2, 0.25) is 0 Å². The van der Waals surface area contributed by atoms with Crippen molar-refractivity contribution in [1.29, 1.82) is 0 Å². The molecule has 0 radical (unpaired) electrons. The van der Waals surface area contributed by atoms with E-state index in [2.05, 4.69) is 5.43 Å². The van der Waals surface area contributed by atoms with Gasteiger partial charge in [-0.25, -0.2) is 9.82 Å². The van der Waals surface area contributed by atoms with Crippen LogP contribution in [0.4, 0.5) is 4.39 Å². The van der Waals surface area contributed by atoms with Crippen LogP contribution in [-0.4, -0.2) is 23.8 Å². The summed E-state index contributed by atoms with van der Waals surface area (Å²) in [6, 6.07) is 4.91. The number of nitrogens with one attached hydrogen (secondary N) is 1. The third kappa shape index (κ3) is 2.42. The van der Waals surface area contributed by atoms with Gasteiger partial charge in [0.1, 0.15) is 5.82 Å². The molecule has 1 aliphatic rings. The molecule has 0 saturated carbocycles. The van der Waals surface area contributed by atoms with E-state index in [9.17, 15) is 9.18 Å². The van der Waals surface area contributed by atoms with E-state index < -0.39 is 0 Å². The van der Waals surface area contributed by atoms with E-state index in [1.165, 1.54) is 11.1 Å². The molecule has 1 N–H and O–H groups in total. The Morgan fingerprint density at radius 1 is 1.59 bits per heavy atom. The van der Waals surface area contributed by atoms with Gasteiger partial charge < -0.3 is 0 Å². The fraction of sp³-hybridized carbons (Fsp3) is 0.417. The fourth-order valence-corrected chi connectivity index (χ4v) is 2.35. The molecule has 0 aromatic heterocycles. The van der Waals surface area contributed by atoms with E-state index in [0.717, 1.165) is 24.0 Å². The zero-order valence-electron chi connectivity index (χ0n) is 9.33. The van der Waals surface area contributed by atoms with Crippen LogP contribution in [0.5, 0.6) is 0 Å². The number of fused-ring (bicyclic) bond motifs is 1. The van der Waals surface area contributed by atoms with Crippen molar-refractivity contribution in [2.75, 3.05) is 12.4 Å². The maximum atomic E-state index is 13.5. The summed E-state index contributed by atoms with van der Waals surface area (Å²) in [5.41, 5.74) is 4.54. The van der Waals surface area contributed by atoms with E-state index in [0.29, 0.717) is 18.8 Å². The molecule has 1 amide bonds. The van der Waals surface area contributed by atoms with Crippen LogP contribution >= 0.6 is 11.6 Å². The number of halogens is 2. The lowest BCUT2D eigenvalue weighted by Crippen LogP contribution is -2.40. The van der Waals surface area contributed by atoms with Gasteiger partial charge in [-0.15, -0.1) is 11.6 Å². The second kappa shape index (κ2) is 5.47. The first-order chi connectivity index (χ1) is 8.27. The number of hydrogen-bond acceptors (Lipinski definition) is 2. The molecule has 0 fully saturated rings. The van der Waals surface area contributed by atoms with Crippen LogP contribution in [0.3, 0.4) is 0 Å². The molecule has 1 aliphatic carbocycles. The SMILES string of the molecule is O=CN(NCCCl)C1CCc2c(F)cccc21. The van der Waals surface area contributed by atoms with Gasteiger partial charge in [-0.3, -0.25) is 9.80 Å². The van der Waals surface area contributed by atoms with Gasteiger partial charge in [0, 0.05) is 12.4 Å². The molecular weight excluding hydrogens is 243 g/mol. The Labute approximate surface area is 105 Å². The van der Waals surface area contributed by atoms with Gasteiger partial charge in [-0.1, -0.05) is 12.1 Å². The van der Waals surface area contributed by atoms with Gasteiger partial charge in [0.05, 0.1) is 6.04 Å². The number of rotatable bonds is 5. The third-order valence-corrected chi connectivity index (χ3v) is 3.21. The summed E-state index contributed by atoms with van der Waals surface area (Å²) in [7, 11) is 0. The molecule has 5 heteroatoms. The molecule has 0 saturated heterocycles. The average Bonchev–Trinajstić information content (AvgIpc) is 2.76. The average molecular weight is 257 g/mol. The van der Waals surface area contributed by atoms with Crippen molar-refractivity contribution in [2.45, 2.75) is 18.9 Å². The summed E-state index contributed by atoms with van der Waals surface area (Å²) in [4.78, 5) is 11.0. The summed E-state index contributed by atoms with van der Waals surface area (Å²) >= 11 is 5.57. The van der Waals surface area contributed by atoms with Crippen molar-refractivity contribution in [2.24, 2.45) is 0 Å². The van der Waals surface area contributed by atoms with Crippen molar-refractivity contribution in [3.8, 4) is 0 Å². The zero-order valence-corrected chi connectivity index (χ0v) is 10.1. The minimum absolute atomic E-state index is 0.0959. The number of hydrogen-bond donors (Lipinski definition) is 1. The second-order valence-electron chi connectivity index (χ2n) is 3.97. The van der Waals surface area contributed by atoms with Gasteiger partial charge >= 0.3 is 0 Å². The van der Waals surface area contributed by atoms with E-state index in [1.807, 2.05) is 6.07 Å². The topological polar surface area (TPSA) is 32.3 Å². The van der Waals surface area contributed by atoms with Crippen molar-refractivity contribution in [3.05, 3.63) is 35.1 Å². The maximum absolute atomic E-state index is 13.5. The summed E-state index contributed by atoms with van der Waals surface area (Å²) in [6.45, 7) is 0.515. The van der Waals surface area contributed by atoms with Gasteiger partial charge in [0.2, 0.25) is 6.41 Å². The minimum Gasteiger partial charge on any atom is -0.277 e. The quantitative estimate of drug-likeness (QED) is 0.497. The Morgan fingerprint density at radius 2 is 2.41 bits per heavy atom. The maximum Gasteiger partial charge on any atom is 0.224 e. The summed E-state index contributed by atoms with van der Waals surface area (Å²) in [5, 5.41) is 1.48. The minimum atomic E-state index is -0.187. The molecule has 0 spiro atoms. The molecule has 1 aromatic rings. The van der Waals surface area contributed by atoms with Crippen LogP contribution < -0.4 is 5.43 Å². The Kier molecular flexibility index (Phi) is 3.97. The Balaban J connectivity index is 2.20. The molecule has 17 heavy (non-hydrogen) atoms. The smallest absolute Gasteiger partial charge is 0.224 e. The normalized spacial score (nSPS) is 17.9.